The van der Waals surface area contributed by atoms with E-state index < -0.39 is 4.92 Å². The van der Waals surface area contributed by atoms with Gasteiger partial charge < -0.3 is 9.88 Å². The van der Waals surface area contributed by atoms with Gasteiger partial charge in [-0.15, -0.1) is 0 Å². The molecule has 0 aliphatic heterocycles. The third-order valence-electron chi connectivity index (χ3n) is 3.57. The Morgan fingerprint density at radius 3 is 2.50 bits per heavy atom. The fourth-order valence-electron chi connectivity index (χ4n) is 2.33. The van der Waals surface area contributed by atoms with Crippen molar-refractivity contribution in [2.75, 3.05) is 5.32 Å². The highest BCUT2D eigenvalue weighted by atomic mass is 19.1. The van der Waals surface area contributed by atoms with Gasteiger partial charge in [-0.05, 0) is 23.8 Å². The molecule has 2 aromatic heterocycles. The number of anilines is 1. The molecule has 0 saturated carbocycles. The summed E-state index contributed by atoms with van der Waals surface area (Å²) in [4.78, 5) is 18.6. The Morgan fingerprint density at radius 2 is 1.96 bits per heavy atom. The molecule has 3 aromatic rings. The van der Waals surface area contributed by atoms with Crippen molar-refractivity contribution in [3.05, 3.63) is 82.3 Å². The summed E-state index contributed by atoms with van der Waals surface area (Å²) >= 11 is 0. The molecule has 0 amide bonds. The van der Waals surface area contributed by atoms with Gasteiger partial charge >= 0.3 is 0 Å². The standard InChI is InChI=1S/C16H14FN5O2/c1-21-9-8-18-16(21)15(11-2-4-12(17)5-3-11)20-14-7-6-13(10-19-14)22(23)24/h2-10,15H,1H3,(H,19,20). The third-order valence-corrected chi connectivity index (χ3v) is 3.57. The van der Waals surface area contributed by atoms with E-state index in [1.807, 2.05) is 11.6 Å². The first-order chi connectivity index (χ1) is 11.5. The SMILES string of the molecule is Cn1ccnc1C(Nc1ccc([N+](=O)[O-])cn1)c1ccc(F)cc1. The number of rotatable bonds is 5. The molecule has 1 aromatic carbocycles. The van der Waals surface area contributed by atoms with Crippen LogP contribution >= 0.6 is 0 Å². The maximum Gasteiger partial charge on any atom is 0.287 e. The highest BCUT2D eigenvalue weighted by Crippen LogP contribution is 2.25. The normalized spacial score (nSPS) is 11.9. The largest absolute Gasteiger partial charge is 0.356 e. The van der Waals surface area contributed by atoms with Crippen molar-refractivity contribution in [1.82, 2.24) is 14.5 Å². The third kappa shape index (κ3) is 3.22. The van der Waals surface area contributed by atoms with Gasteiger partial charge in [0.15, 0.2) is 0 Å². The highest BCUT2D eigenvalue weighted by molar-refractivity contribution is 5.44. The Labute approximate surface area is 137 Å². The molecule has 0 fully saturated rings. The molecule has 0 saturated heterocycles. The van der Waals surface area contributed by atoms with Crippen molar-refractivity contribution in [3.8, 4) is 0 Å². The fraction of sp³-hybridized carbons (Fsp3) is 0.125. The molecule has 3 rings (SSSR count). The molecule has 7 nitrogen and oxygen atoms in total. The van der Waals surface area contributed by atoms with E-state index in [0.29, 0.717) is 11.6 Å². The number of nitro groups is 1. The topological polar surface area (TPSA) is 85.9 Å². The lowest BCUT2D eigenvalue weighted by atomic mass is 10.1. The lowest BCUT2D eigenvalue weighted by Gasteiger charge is -2.19. The Kier molecular flexibility index (Phi) is 4.19. The van der Waals surface area contributed by atoms with Crippen molar-refractivity contribution in [2.24, 2.45) is 7.05 Å². The number of aromatic nitrogens is 3. The molecular formula is C16H14FN5O2. The average Bonchev–Trinajstić information content (AvgIpc) is 3.00. The number of nitrogens with zero attached hydrogens (tertiary/aromatic N) is 4. The summed E-state index contributed by atoms with van der Waals surface area (Å²) in [6.45, 7) is 0. The van der Waals surface area contributed by atoms with E-state index in [9.17, 15) is 14.5 Å². The number of hydrogen-bond donors (Lipinski definition) is 1. The van der Waals surface area contributed by atoms with Crippen molar-refractivity contribution < 1.29 is 9.31 Å². The second-order valence-corrected chi connectivity index (χ2v) is 5.18. The minimum absolute atomic E-state index is 0.0872. The van der Waals surface area contributed by atoms with Gasteiger partial charge in [-0.3, -0.25) is 10.1 Å². The highest BCUT2D eigenvalue weighted by Gasteiger charge is 2.19. The molecule has 1 unspecified atom stereocenters. The molecule has 0 aliphatic rings. The van der Waals surface area contributed by atoms with Gasteiger partial charge in [-0.2, -0.15) is 0 Å². The zero-order valence-corrected chi connectivity index (χ0v) is 12.8. The lowest BCUT2D eigenvalue weighted by Crippen LogP contribution is -2.17. The molecule has 0 bridgehead atoms. The molecule has 1 N–H and O–H groups in total. The van der Waals surface area contributed by atoms with E-state index in [0.717, 1.165) is 5.56 Å². The molecule has 2 heterocycles. The first-order valence-corrected chi connectivity index (χ1v) is 7.14. The summed E-state index contributed by atoms with van der Waals surface area (Å²) in [6.07, 6.45) is 4.65. The zero-order valence-electron chi connectivity index (χ0n) is 12.8. The maximum absolute atomic E-state index is 13.2. The second kappa shape index (κ2) is 6.45. The van der Waals surface area contributed by atoms with E-state index in [1.165, 1.54) is 30.5 Å². The van der Waals surface area contributed by atoms with Crippen LogP contribution in [0.1, 0.15) is 17.4 Å². The van der Waals surface area contributed by atoms with Crippen LogP contribution in [-0.2, 0) is 7.05 Å². The predicted molar refractivity (Wildman–Crippen MR) is 86.0 cm³/mol. The van der Waals surface area contributed by atoms with Crippen LogP contribution in [0, 0.1) is 15.9 Å². The van der Waals surface area contributed by atoms with Gasteiger partial charge in [0.25, 0.3) is 5.69 Å². The summed E-state index contributed by atoms with van der Waals surface area (Å²) in [5.74, 6) is 0.838. The minimum Gasteiger partial charge on any atom is -0.356 e. The molecule has 122 valence electrons. The zero-order chi connectivity index (χ0) is 17.1. The van der Waals surface area contributed by atoms with Crippen LogP contribution in [0.2, 0.25) is 0 Å². The molecule has 0 radical (unpaired) electrons. The van der Waals surface area contributed by atoms with Crippen LogP contribution in [0.4, 0.5) is 15.9 Å². The number of imidazole rings is 1. The molecular weight excluding hydrogens is 313 g/mol. The summed E-state index contributed by atoms with van der Waals surface area (Å²) in [6, 6.07) is 8.58. The van der Waals surface area contributed by atoms with Crippen LogP contribution in [0.25, 0.3) is 0 Å². The monoisotopic (exact) mass is 327 g/mol. The predicted octanol–water partition coefficient (Wildman–Crippen LogP) is 3.06. The molecule has 0 spiro atoms. The molecule has 24 heavy (non-hydrogen) atoms. The molecule has 1 atom stereocenters. The second-order valence-electron chi connectivity index (χ2n) is 5.18. The quantitative estimate of drug-likeness (QED) is 0.575. The number of halogens is 1. The number of nitrogens with one attached hydrogen (secondary N) is 1. The van der Waals surface area contributed by atoms with Crippen molar-refractivity contribution in [1.29, 1.82) is 0 Å². The number of pyridine rings is 1. The van der Waals surface area contributed by atoms with Gasteiger partial charge in [-0.25, -0.2) is 14.4 Å². The minimum atomic E-state index is -0.507. The first kappa shape index (κ1) is 15.6. The Hall–Kier alpha value is -3.29. The average molecular weight is 327 g/mol. The number of hydrogen-bond acceptors (Lipinski definition) is 5. The van der Waals surface area contributed by atoms with Crippen LogP contribution in [-0.4, -0.2) is 19.5 Å². The number of benzene rings is 1. The van der Waals surface area contributed by atoms with E-state index in [1.54, 1.807) is 24.5 Å². The van der Waals surface area contributed by atoms with Crippen LogP contribution in [0.3, 0.4) is 0 Å². The smallest absolute Gasteiger partial charge is 0.287 e. The van der Waals surface area contributed by atoms with Gasteiger partial charge in [-0.1, -0.05) is 12.1 Å². The van der Waals surface area contributed by atoms with Crippen LogP contribution < -0.4 is 5.32 Å². The number of aryl methyl sites for hydroxylation is 1. The van der Waals surface area contributed by atoms with Gasteiger partial charge in [0.1, 0.15) is 29.7 Å². The summed E-state index contributed by atoms with van der Waals surface area (Å²) in [5, 5.41) is 13.9. The Balaban J connectivity index is 1.94. The van der Waals surface area contributed by atoms with E-state index in [4.69, 9.17) is 0 Å². The van der Waals surface area contributed by atoms with Gasteiger partial charge in [0.05, 0.1) is 4.92 Å². The summed E-state index contributed by atoms with van der Waals surface area (Å²) in [5.41, 5.74) is 0.710. The van der Waals surface area contributed by atoms with Crippen molar-refractivity contribution >= 4 is 11.5 Å². The maximum atomic E-state index is 13.2. The van der Waals surface area contributed by atoms with Crippen LogP contribution in [0.5, 0.6) is 0 Å². The Morgan fingerprint density at radius 1 is 1.21 bits per heavy atom. The fourth-order valence-corrected chi connectivity index (χ4v) is 2.33. The Bertz CT molecular complexity index is 846. The van der Waals surface area contributed by atoms with E-state index >= 15 is 0 Å². The summed E-state index contributed by atoms with van der Waals surface area (Å²) in [7, 11) is 1.85. The van der Waals surface area contributed by atoms with Crippen LogP contribution in [0.15, 0.2) is 55.0 Å². The molecule has 0 aliphatic carbocycles. The van der Waals surface area contributed by atoms with E-state index in [2.05, 4.69) is 15.3 Å². The van der Waals surface area contributed by atoms with Crippen molar-refractivity contribution in [2.45, 2.75) is 6.04 Å². The van der Waals surface area contributed by atoms with Gasteiger partial charge in [0, 0.05) is 25.5 Å². The molecule has 8 heteroatoms. The van der Waals surface area contributed by atoms with Gasteiger partial charge in [0.2, 0.25) is 0 Å². The first-order valence-electron chi connectivity index (χ1n) is 7.14. The van der Waals surface area contributed by atoms with E-state index in [-0.39, 0.29) is 17.5 Å². The summed E-state index contributed by atoms with van der Waals surface area (Å²) < 4.78 is 15.0. The lowest BCUT2D eigenvalue weighted by molar-refractivity contribution is -0.385. The van der Waals surface area contributed by atoms with Crippen molar-refractivity contribution in [3.63, 3.8) is 0 Å².